The van der Waals surface area contributed by atoms with E-state index in [1.807, 2.05) is 19.3 Å². The number of aromatic nitrogens is 2. The van der Waals surface area contributed by atoms with Crippen LogP contribution in [0.25, 0.3) is 0 Å². The number of hydrogen-bond acceptors (Lipinski definition) is 3. The standard InChI is InChI=1S/C16H26ClN3O2/c1-19-10-6-14(18-19)20(15(21)12-17)13-16(9-11-22-2)7-4-3-5-8-16/h6,10H,3-5,7-9,11-13H2,1-2H3. The van der Waals surface area contributed by atoms with Crippen LogP contribution in [0.2, 0.25) is 0 Å². The molecular formula is C16H26ClN3O2. The van der Waals surface area contributed by atoms with E-state index in [-0.39, 0.29) is 17.2 Å². The van der Waals surface area contributed by atoms with Crippen molar-refractivity contribution in [1.29, 1.82) is 0 Å². The van der Waals surface area contributed by atoms with Crippen molar-refractivity contribution >= 4 is 23.3 Å². The number of rotatable bonds is 7. The van der Waals surface area contributed by atoms with Gasteiger partial charge in [-0.1, -0.05) is 19.3 Å². The highest BCUT2D eigenvalue weighted by Gasteiger charge is 2.36. The summed E-state index contributed by atoms with van der Waals surface area (Å²) in [6.45, 7) is 1.41. The summed E-state index contributed by atoms with van der Waals surface area (Å²) in [5.41, 5.74) is 0.119. The summed E-state index contributed by atoms with van der Waals surface area (Å²) >= 11 is 5.82. The van der Waals surface area contributed by atoms with Crippen molar-refractivity contribution < 1.29 is 9.53 Å². The summed E-state index contributed by atoms with van der Waals surface area (Å²) in [5, 5.41) is 4.39. The molecule has 1 saturated carbocycles. The average Bonchev–Trinajstić information content (AvgIpc) is 2.97. The zero-order chi connectivity index (χ0) is 16.0. The molecule has 6 heteroatoms. The number of hydrogen-bond donors (Lipinski definition) is 0. The second kappa shape index (κ2) is 7.97. The number of carbonyl (C=O) groups is 1. The quantitative estimate of drug-likeness (QED) is 0.723. The van der Waals surface area contributed by atoms with Crippen molar-refractivity contribution in [3.8, 4) is 0 Å². The lowest BCUT2D eigenvalue weighted by Crippen LogP contribution is -2.44. The minimum atomic E-state index is -0.0808. The Bertz CT molecular complexity index is 483. The minimum Gasteiger partial charge on any atom is -0.385 e. The largest absolute Gasteiger partial charge is 0.385 e. The van der Waals surface area contributed by atoms with Crippen molar-refractivity contribution in [3.63, 3.8) is 0 Å². The van der Waals surface area contributed by atoms with Gasteiger partial charge in [0.05, 0.1) is 0 Å². The molecule has 0 saturated heterocycles. The zero-order valence-corrected chi connectivity index (χ0v) is 14.3. The van der Waals surface area contributed by atoms with Gasteiger partial charge in [0.2, 0.25) is 5.91 Å². The molecule has 1 heterocycles. The first-order valence-electron chi connectivity index (χ1n) is 7.95. The van der Waals surface area contributed by atoms with E-state index in [0.29, 0.717) is 12.4 Å². The maximum atomic E-state index is 12.3. The van der Waals surface area contributed by atoms with E-state index in [4.69, 9.17) is 16.3 Å². The van der Waals surface area contributed by atoms with Crippen LogP contribution >= 0.6 is 11.6 Å². The van der Waals surface area contributed by atoms with Gasteiger partial charge in [-0.15, -0.1) is 11.6 Å². The van der Waals surface area contributed by atoms with Gasteiger partial charge in [-0.05, 0) is 24.7 Å². The van der Waals surface area contributed by atoms with Gasteiger partial charge >= 0.3 is 0 Å². The Balaban J connectivity index is 2.20. The Kier molecular flexibility index (Phi) is 6.26. The molecule has 0 N–H and O–H groups in total. The molecule has 1 aliphatic rings. The van der Waals surface area contributed by atoms with E-state index in [1.165, 1.54) is 19.3 Å². The van der Waals surface area contributed by atoms with Crippen LogP contribution in [0.3, 0.4) is 0 Å². The van der Waals surface area contributed by atoms with E-state index in [0.717, 1.165) is 25.9 Å². The third-order valence-electron chi connectivity index (χ3n) is 4.64. The predicted molar refractivity (Wildman–Crippen MR) is 88.3 cm³/mol. The lowest BCUT2D eigenvalue weighted by atomic mass is 9.71. The van der Waals surface area contributed by atoms with Crippen LogP contribution in [-0.2, 0) is 16.6 Å². The molecule has 0 aliphatic heterocycles. The molecule has 1 amide bonds. The molecule has 0 radical (unpaired) electrons. The lowest BCUT2D eigenvalue weighted by Gasteiger charge is -2.40. The molecule has 1 aromatic heterocycles. The topological polar surface area (TPSA) is 47.4 Å². The van der Waals surface area contributed by atoms with Crippen LogP contribution in [0.4, 0.5) is 5.82 Å². The van der Waals surface area contributed by atoms with Gasteiger partial charge in [-0.25, -0.2) is 0 Å². The molecule has 5 nitrogen and oxygen atoms in total. The summed E-state index contributed by atoms with van der Waals surface area (Å²) in [4.78, 5) is 14.1. The molecule has 0 bridgehead atoms. The van der Waals surface area contributed by atoms with Crippen LogP contribution in [0.5, 0.6) is 0 Å². The van der Waals surface area contributed by atoms with E-state index >= 15 is 0 Å². The highest BCUT2D eigenvalue weighted by molar-refractivity contribution is 6.29. The van der Waals surface area contributed by atoms with Crippen molar-refractivity contribution in [2.75, 3.05) is 31.0 Å². The Labute approximate surface area is 137 Å². The smallest absolute Gasteiger partial charge is 0.243 e. The van der Waals surface area contributed by atoms with Gasteiger partial charge in [0.15, 0.2) is 5.82 Å². The van der Waals surface area contributed by atoms with Gasteiger partial charge in [-0.3, -0.25) is 14.4 Å². The fourth-order valence-electron chi connectivity index (χ4n) is 3.36. The Morgan fingerprint density at radius 3 is 2.73 bits per heavy atom. The van der Waals surface area contributed by atoms with Gasteiger partial charge in [0.25, 0.3) is 0 Å². The molecule has 124 valence electrons. The maximum absolute atomic E-state index is 12.3. The van der Waals surface area contributed by atoms with Crippen molar-refractivity contribution in [1.82, 2.24) is 9.78 Å². The van der Waals surface area contributed by atoms with E-state index < -0.39 is 0 Å². The number of ether oxygens (including phenoxy) is 1. The third-order valence-corrected chi connectivity index (χ3v) is 4.86. The van der Waals surface area contributed by atoms with Crippen LogP contribution in [0, 0.1) is 5.41 Å². The summed E-state index contributed by atoms with van der Waals surface area (Å²) in [7, 11) is 3.59. The number of methoxy groups -OCH3 is 1. The molecule has 1 aliphatic carbocycles. The number of halogens is 1. The van der Waals surface area contributed by atoms with Crippen LogP contribution in [-0.4, -0.2) is 41.8 Å². The first-order chi connectivity index (χ1) is 10.6. The SMILES string of the molecule is COCCC1(CN(C(=O)CCl)c2ccn(C)n2)CCCCC1. The van der Waals surface area contributed by atoms with Gasteiger partial charge in [0.1, 0.15) is 5.88 Å². The minimum absolute atomic E-state index is 0.0169. The van der Waals surface area contributed by atoms with Gasteiger partial charge in [0, 0.05) is 39.6 Å². The number of nitrogens with zero attached hydrogens (tertiary/aromatic N) is 3. The monoisotopic (exact) mass is 327 g/mol. The number of carbonyl (C=O) groups excluding carboxylic acids is 1. The summed E-state index contributed by atoms with van der Waals surface area (Å²) in [5.74, 6) is 0.593. The maximum Gasteiger partial charge on any atom is 0.243 e. The van der Waals surface area contributed by atoms with Gasteiger partial charge in [-0.2, -0.15) is 5.10 Å². The first-order valence-corrected chi connectivity index (χ1v) is 8.49. The third kappa shape index (κ3) is 4.23. The molecule has 0 atom stereocenters. The Hall–Kier alpha value is -1.07. The van der Waals surface area contributed by atoms with Crippen molar-refractivity contribution in [3.05, 3.63) is 12.3 Å². The Morgan fingerprint density at radius 2 is 2.18 bits per heavy atom. The Morgan fingerprint density at radius 1 is 1.45 bits per heavy atom. The summed E-state index contributed by atoms with van der Waals surface area (Å²) in [6, 6.07) is 1.87. The normalized spacial score (nSPS) is 17.4. The van der Waals surface area contributed by atoms with Crippen LogP contribution in [0.15, 0.2) is 12.3 Å². The molecule has 2 rings (SSSR count). The molecule has 1 fully saturated rings. The fraction of sp³-hybridized carbons (Fsp3) is 0.750. The van der Waals surface area contributed by atoms with E-state index in [1.54, 1.807) is 16.7 Å². The molecular weight excluding hydrogens is 302 g/mol. The second-order valence-corrected chi connectivity index (χ2v) is 6.53. The second-order valence-electron chi connectivity index (χ2n) is 6.26. The highest BCUT2D eigenvalue weighted by Crippen LogP contribution is 2.40. The lowest BCUT2D eigenvalue weighted by molar-refractivity contribution is -0.116. The van der Waals surface area contributed by atoms with Crippen molar-refractivity contribution in [2.24, 2.45) is 12.5 Å². The number of alkyl halides is 1. The van der Waals surface area contributed by atoms with E-state index in [9.17, 15) is 4.79 Å². The van der Waals surface area contributed by atoms with Crippen LogP contribution < -0.4 is 4.90 Å². The molecule has 0 spiro atoms. The van der Waals surface area contributed by atoms with Crippen LogP contribution in [0.1, 0.15) is 38.5 Å². The average molecular weight is 328 g/mol. The molecule has 22 heavy (non-hydrogen) atoms. The number of aryl methyl sites for hydroxylation is 1. The fourth-order valence-corrected chi connectivity index (χ4v) is 3.50. The molecule has 0 aromatic carbocycles. The van der Waals surface area contributed by atoms with E-state index in [2.05, 4.69) is 5.10 Å². The summed E-state index contributed by atoms with van der Waals surface area (Å²) < 4.78 is 7.01. The first kappa shape index (κ1) is 17.3. The number of amides is 1. The van der Waals surface area contributed by atoms with Gasteiger partial charge < -0.3 is 4.74 Å². The highest BCUT2D eigenvalue weighted by atomic mass is 35.5. The molecule has 1 aromatic rings. The molecule has 0 unspecified atom stereocenters. The van der Waals surface area contributed by atoms with Crippen molar-refractivity contribution in [2.45, 2.75) is 38.5 Å². The summed E-state index contributed by atoms with van der Waals surface area (Å²) in [6.07, 6.45) is 8.81. The predicted octanol–water partition coefficient (Wildman–Crippen LogP) is 2.98. The number of anilines is 1. The zero-order valence-electron chi connectivity index (χ0n) is 13.6.